The molecular weight excluding hydrogens is 331 g/mol. The molecule has 5 nitrogen and oxygen atoms in total. The summed E-state index contributed by atoms with van der Waals surface area (Å²) in [5.74, 6) is -0.820. The number of amides is 2. The number of fused-ring (bicyclic) bond motifs is 1. The van der Waals surface area contributed by atoms with Gasteiger partial charge in [-0.05, 0) is 25.0 Å². The fraction of sp³-hybridized carbons (Fsp3) is 0.412. The largest absolute Gasteiger partial charge is 0.380 e. The van der Waals surface area contributed by atoms with E-state index in [0.717, 1.165) is 25.9 Å². The summed E-state index contributed by atoms with van der Waals surface area (Å²) < 4.78 is 19.9. The molecule has 1 aromatic carbocycles. The molecule has 2 heterocycles. The first-order valence-electron chi connectivity index (χ1n) is 7.86. The van der Waals surface area contributed by atoms with Crippen molar-refractivity contribution in [2.45, 2.75) is 19.4 Å². The van der Waals surface area contributed by atoms with Crippen LogP contribution < -0.4 is 5.32 Å². The molecule has 0 bridgehead atoms. The molecule has 7 heteroatoms. The highest BCUT2D eigenvalue weighted by Gasteiger charge is 2.22. The average Bonchev–Trinajstić information content (AvgIpc) is 3.21. The molecule has 2 amide bonds. The second-order valence-electron chi connectivity index (χ2n) is 5.73. The summed E-state index contributed by atoms with van der Waals surface area (Å²) in [4.78, 5) is 26.7. The molecule has 0 radical (unpaired) electrons. The Morgan fingerprint density at radius 2 is 2.08 bits per heavy atom. The zero-order valence-electron chi connectivity index (χ0n) is 13.4. The molecule has 1 aliphatic heterocycles. The lowest BCUT2D eigenvalue weighted by Gasteiger charge is -2.15. The average molecular weight is 350 g/mol. The van der Waals surface area contributed by atoms with E-state index in [-0.39, 0.29) is 30.8 Å². The van der Waals surface area contributed by atoms with Crippen LogP contribution in [-0.4, -0.2) is 43.5 Å². The molecule has 128 valence electrons. The lowest BCUT2D eigenvalue weighted by atomic mass is 10.1. The van der Waals surface area contributed by atoms with Gasteiger partial charge in [-0.2, -0.15) is 0 Å². The maximum atomic E-state index is 14.1. The molecule has 1 fully saturated rings. The van der Waals surface area contributed by atoms with E-state index >= 15 is 0 Å². The maximum Gasteiger partial charge on any atom is 0.262 e. The predicted molar refractivity (Wildman–Crippen MR) is 90.6 cm³/mol. The number of hydrogen-bond donors (Lipinski definition) is 1. The number of likely N-dealkylation sites (tertiary alicyclic amines) is 1. The Hall–Kier alpha value is -1.99. The first-order valence-corrected chi connectivity index (χ1v) is 8.68. The van der Waals surface area contributed by atoms with Crippen LogP contribution in [0.2, 0.25) is 0 Å². The van der Waals surface area contributed by atoms with Crippen molar-refractivity contribution in [3.05, 3.63) is 34.5 Å². The van der Waals surface area contributed by atoms with E-state index in [0.29, 0.717) is 20.5 Å². The van der Waals surface area contributed by atoms with Gasteiger partial charge in [0.25, 0.3) is 5.91 Å². The molecule has 3 rings (SSSR count). The number of benzene rings is 1. The van der Waals surface area contributed by atoms with Crippen LogP contribution in [0.3, 0.4) is 0 Å². The third kappa shape index (κ3) is 3.27. The van der Waals surface area contributed by atoms with Crippen molar-refractivity contribution < 1.29 is 18.7 Å². The van der Waals surface area contributed by atoms with Crippen molar-refractivity contribution >= 4 is 33.2 Å². The van der Waals surface area contributed by atoms with E-state index in [9.17, 15) is 14.0 Å². The van der Waals surface area contributed by atoms with Crippen LogP contribution in [0.1, 0.15) is 28.1 Å². The van der Waals surface area contributed by atoms with Gasteiger partial charge in [0, 0.05) is 35.8 Å². The minimum atomic E-state index is -0.372. The van der Waals surface area contributed by atoms with E-state index in [2.05, 4.69) is 5.32 Å². The summed E-state index contributed by atoms with van der Waals surface area (Å²) >= 11 is 1.21. The van der Waals surface area contributed by atoms with Crippen molar-refractivity contribution in [3.63, 3.8) is 0 Å². The van der Waals surface area contributed by atoms with Crippen LogP contribution in [0.15, 0.2) is 18.2 Å². The zero-order valence-corrected chi connectivity index (χ0v) is 14.2. The summed E-state index contributed by atoms with van der Waals surface area (Å²) in [5.41, 5.74) is 0.529. The highest BCUT2D eigenvalue weighted by molar-refractivity contribution is 7.21. The molecule has 0 saturated carbocycles. The highest BCUT2D eigenvalue weighted by atomic mass is 32.1. The molecule has 2 aromatic rings. The number of nitrogens with zero attached hydrogens (tertiary/aromatic N) is 1. The third-order valence-corrected chi connectivity index (χ3v) is 5.31. The fourth-order valence-electron chi connectivity index (χ4n) is 2.95. The summed E-state index contributed by atoms with van der Waals surface area (Å²) in [7, 11) is 1.50. The van der Waals surface area contributed by atoms with Crippen LogP contribution in [0.4, 0.5) is 4.39 Å². The van der Waals surface area contributed by atoms with Gasteiger partial charge in [0.1, 0.15) is 5.82 Å². The van der Waals surface area contributed by atoms with E-state index < -0.39 is 0 Å². The minimum Gasteiger partial charge on any atom is -0.380 e. The number of ether oxygens (including phenoxy) is 1. The van der Waals surface area contributed by atoms with E-state index in [4.69, 9.17) is 4.74 Å². The van der Waals surface area contributed by atoms with Crippen molar-refractivity contribution in [1.29, 1.82) is 0 Å². The van der Waals surface area contributed by atoms with Crippen molar-refractivity contribution in [2.24, 2.45) is 0 Å². The predicted octanol–water partition coefficient (Wildman–Crippen LogP) is 2.54. The van der Waals surface area contributed by atoms with Crippen LogP contribution in [0, 0.1) is 5.82 Å². The Bertz CT molecular complexity index is 769. The van der Waals surface area contributed by atoms with Gasteiger partial charge in [-0.1, -0.05) is 6.07 Å². The lowest BCUT2D eigenvalue weighted by Crippen LogP contribution is -2.38. The summed E-state index contributed by atoms with van der Waals surface area (Å²) in [6.45, 7) is 1.60. The molecule has 0 unspecified atom stereocenters. The van der Waals surface area contributed by atoms with Gasteiger partial charge in [-0.25, -0.2) is 4.39 Å². The van der Waals surface area contributed by atoms with Gasteiger partial charge in [0.15, 0.2) is 0 Å². The number of methoxy groups -OCH3 is 1. The quantitative estimate of drug-likeness (QED) is 0.902. The van der Waals surface area contributed by atoms with Crippen LogP contribution in [0.25, 0.3) is 10.1 Å². The van der Waals surface area contributed by atoms with Crippen LogP contribution >= 0.6 is 11.3 Å². The van der Waals surface area contributed by atoms with Gasteiger partial charge >= 0.3 is 0 Å². The Balaban J connectivity index is 1.80. The fourth-order valence-corrected chi connectivity index (χ4v) is 4.09. The summed E-state index contributed by atoms with van der Waals surface area (Å²) in [6.07, 6.45) is 2.01. The summed E-state index contributed by atoms with van der Waals surface area (Å²) in [5, 5.41) is 3.07. The SMILES string of the molecule is COCc1c(C(=O)NCC(=O)N2CCCC2)sc2cccc(F)c12. The van der Waals surface area contributed by atoms with Crippen molar-refractivity contribution in [3.8, 4) is 0 Å². The van der Waals surface area contributed by atoms with E-state index in [1.807, 2.05) is 0 Å². The Labute approximate surface area is 143 Å². The van der Waals surface area contributed by atoms with Gasteiger partial charge in [-0.3, -0.25) is 9.59 Å². The number of carbonyl (C=O) groups excluding carboxylic acids is 2. The van der Waals surface area contributed by atoms with Crippen molar-refractivity contribution in [2.75, 3.05) is 26.7 Å². The molecule has 0 spiro atoms. The molecule has 24 heavy (non-hydrogen) atoms. The number of hydrogen-bond acceptors (Lipinski definition) is 4. The van der Waals surface area contributed by atoms with Gasteiger partial charge in [0.05, 0.1) is 18.0 Å². The van der Waals surface area contributed by atoms with Crippen LogP contribution in [0.5, 0.6) is 0 Å². The summed E-state index contributed by atoms with van der Waals surface area (Å²) in [6, 6.07) is 4.75. The molecule has 0 atom stereocenters. The topological polar surface area (TPSA) is 58.6 Å². The van der Waals surface area contributed by atoms with E-state index in [1.54, 1.807) is 17.0 Å². The number of rotatable bonds is 5. The van der Waals surface area contributed by atoms with Gasteiger partial charge in [-0.15, -0.1) is 11.3 Å². The Morgan fingerprint density at radius 3 is 2.79 bits per heavy atom. The Morgan fingerprint density at radius 1 is 1.33 bits per heavy atom. The van der Waals surface area contributed by atoms with Gasteiger partial charge < -0.3 is 15.0 Å². The monoisotopic (exact) mass is 350 g/mol. The molecule has 0 aliphatic carbocycles. The Kier molecular flexibility index (Phi) is 5.11. The number of carbonyl (C=O) groups is 2. The lowest BCUT2D eigenvalue weighted by molar-refractivity contribution is -0.129. The highest BCUT2D eigenvalue weighted by Crippen LogP contribution is 2.33. The smallest absolute Gasteiger partial charge is 0.262 e. The maximum absolute atomic E-state index is 14.1. The normalized spacial score (nSPS) is 14.3. The minimum absolute atomic E-state index is 0.0397. The molecule has 1 saturated heterocycles. The molecule has 1 N–H and O–H groups in total. The second-order valence-corrected chi connectivity index (χ2v) is 6.78. The number of thiophene rings is 1. The molecular formula is C17H19FN2O3S. The van der Waals surface area contributed by atoms with Crippen molar-refractivity contribution in [1.82, 2.24) is 10.2 Å². The number of halogens is 1. The second kappa shape index (κ2) is 7.27. The molecule has 1 aliphatic rings. The first-order chi connectivity index (χ1) is 11.6. The standard InChI is InChI=1S/C17H19FN2O3S/c1-23-10-11-15-12(18)5-4-6-13(15)24-16(11)17(22)19-9-14(21)20-7-2-3-8-20/h4-6H,2-3,7-10H2,1H3,(H,19,22). The number of nitrogens with one attached hydrogen (secondary N) is 1. The zero-order chi connectivity index (χ0) is 17.1. The molecule has 1 aromatic heterocycles. The van der Waals surface area contributed by atoms with Crippen LogP contribution in [-0.2, 0) is 16.1 Å². The van der Waals surface area contributed by atoms with E-state index in [1.165, 1.54) is 24.5 Å². The van der Waals surface area contributed by atoms with Gasteiger partial charge in [0.2, 0.25) is 5.91 Å². The first kappa shape index (κ1) is 16.9. The third-order valence-electron chi connectivity index (χ3n) is 4.12.